The fraction of sp³-hybridized carbons (Fsp3) is 0.353. The average molecular weight is 595 g/mol. The van der Waals surface area contributed by atoms with Gasteiger partial charge < -0.3 is 30.1 Å². The van der Waals surface area contributed by atoms with Crippen molar-refractivity contribution >= 4 is 29.1 Å². The highest BCUT2D eigenvalue weighted by Crippen LogP contribution is 2.30. The molecule has 2 heterocycles. The molecule has 0 radical (unpaired) electrons. The summed E-state index contributed by atoms with van der Waals surface area (Å²) in [6, 6.07) is 21.7. The SMILES string of the molecule is COc1ccc(CC(=O)Nc2cc(C(=O)N3CCCNCC3)ccc2N2CCCN(C(=O)c3ccc(C#N)cc3)CC2)cc1. The minimum atomic E-state index is -0.188. The molecule has 44 heavy (non-hydrogen) atoms. The quantitative estimate of drug-likeness (QED) is 0.430. The molecular formula is C34H38N6O4. The van der Waals surface area contributed by atoms with Crippen LogP contribution in [-0.4, -0.2) is 87.0 Å². The van der Waals surface area contributed by atoms with Crippen molar-refractivity contribution in [1.29, 1.82) is 5.26 Å². The lowest BCUT2D eigenvalue weighted by molar-refractivity contribution is -0.115. The van der Waals surface area contributed by atoms with Crippen LogP contribution in [0.25, 0.3) is 0 Å². The van der Waals surface area contributed by atoms with Gasteiger partial charge in [0.25, 0.3) is 11.8 Å². The van der Waals surface area contributed by atoms with Gasteiger partial charge >= 0.3 is 0 Å². The van der Waals surface area contributed by atoms with Crippen molar-refractivity contribution in [2.75, 3.05) is 69.7 Å². The lowest BCUT2D eigenvalue weighted by atomic mass is 10.1. The minimum Gasteiger partial charge on any atom is -0.497 e. The molecule has 10 nitrogen and oxygen atoms in total. The maximum atomic E-state index is 13.5. The monoisotopic (exact) mass is 594 g/mol. The van der Waals surface area contributed by atoms with E-state index in [1.165, 1.54) is 0 Å². The Morgan fingerprint density at radius 1 is 0.818 bits per heavy atom. The highest BCUT2D eigenvalue weighted by atomic mass is 16.5. The molecule has 0 spiro atoms. The molecule has 2 fully saturated rings. The Morgan fingerprint density at radius 3 is 2.27 bits per heavy atom. The number of nitrogens with zero attached hydrogens (tertiary/aromatic N) is 4. The summed E-state index contributed by atoms with van der Waals surface area (Å²) in [7, 11) is 1.60. The standard InChI is InChI=1S/C34H38N6O4/c1-44-29-11-6-25(7-12-29)22-32(41)37-30-23-28(34(43)39-16-2-14-36-15-19-39)10-13-31(30)38-17-3-18-40(21-20-38)33(42)27-8-4-26(24-35)5-9-27/h4-13,23,36H,2-3,14-22H2,1H3,(H,37,41). The Balaban J connectivity index is 1.35. The first-order valence-electron chi connectivity index (χ1n) is 15.1. The molecule has 2 N–H and O–H groups in total. The molecule has 2 aliphatic rings. The number of hydrogen-bond acceptors (Lipinski definition) is 7. The number of benzene rings is 3. The molecule has 2 aliphatic heterocycles. The highest BCUT2D eigenvalue weighted by molar-refractivity contribution is 6.00. The normalized spacial score (nSPS) is 15.5. The van der Waals surface area contributed by atoms with E-state index in [-0.39, 0.29) is 24.1 Å². The summed E-state index contributed by atoms with van der Waals surface area (Å²) in [5.41, 5.74) is 3.84. The molecule has 228 valence electrons. The topological polar surface area (TPSA) is 118 Å². The van der Waals surface area contributed by atoms with E-state index >= 15 is 0 Å². The summed E-state index contributed by atoms with van der Waals surface area (Å²) in [5.74, 6) is 0.407. The predicted octanol–water partition coefficient (Wildman–Crippen LogP) is 3.54. The van der Waals surface area contributed by atoms with Gasteiger partial charge in [-0.05, 0) is 79.5 Å². The summed E-state index contributed by atoms with van der Waals surface area (Å²) in [6.45, 7) is 5.29. The first-order valence-corrected chi connectivity index (χ1v) is 15.1. The number of nitriles is 1. The van der Waals surface area contributed by atoms with Gasteiger partial charge in [-0.3, -0.25) is 14.4 Å². The number of methoxy groups -OCH3 is 1. The maximum Gasteiger partial charge on any atom is 0.253 e. The lowest BCUT2D eigenvalue weighted by Gasteiger charge is -2.27. The number of carbonyl (C=O) groups excluding carboxylic acids is 3. The van der Waals surface area contributed by atoms with Crippen molar-refractivity contribution < 1.29 is 19.1 Å². The van der Waals surface area contributed by atoms with Crippen LogP contribution in [0.3, 0.4) is 0 Å². The zero-order valence-electron chi connectivity index (χ0n) is 25.1. The molecule has 0 saturated carbocycles. The van der Waals surface area contributed by atoms with Crippen molar-refractivity contribution in [3.05, 3.63) is 89.0 Å². The van der Waals surface area contributed by atoms with Crippen molar-refractivity contribution in [3.63, 3.8) is 0 Å². The summed E-state index contributed by atoms with van der Waals surface area (Å²) < 4.78 is 5.23. The van der Waals surface area contributed by atoms with E-state index in [0.717, 1.165) is 42.9 Å². The van der Waals surface area contributed by atoms with Crippen molar-refractivity contribution in [1.82, 2.24) is 15.1 Å². The van der Waals surface area contributed by atoms with Crippen LogP contribution >= 0.6 is 0 Å². The van der Waals surface area contributed by atoms with E-state index in [4.69, 9.17) is 10.00 Å². The second-order valence-electron chi connectivity index (χ2n) is 11.0. The molecular weight excluding hydrogens is 556 g/mol. The van der Waals surface area contributed by atoms with Gasteiger partial charge in [-0.15, -0.1) is 0 Å². The van der Waals surface area contributed by atoms with Crippen molar-refractivity contribution in [2.45, 2.75) is 19.3 Å². The van der Waals surface area contributed by atoms with Crippen LogP contribution in [0.4, 0.5) is 11.4 Å². The van der Waals surface area contributed by atoms with Gasteiger partial charge in [0.2, 0.25) is 5.91 Å². The molecule has 2 saturated heterocycles. The Kier molecular flexibility index (Phi) is 10.1. The number of carbonyl (C=O) groups is 3. The van der Waals surface area contributed by atoms with E-state index in [1.54, 1.807) is 37.4 Å². The van der Waals surface area contributed by atoms with Gasteiger partial charge in [0.15, 0.2) is 0 Å². The van der Waals surface area contributed by atoms with E-state index < -0.39 is 0 Å². The van der Waals surface area contributed by atoms with Gasteiger partial charge in [0.05, 0.1) is 36.5 Å². The lowest BCUT2D eigenvalue weighted by Crippen LogP contribution is -2.35. The summed E-state index contributed by atoms with van der Waals surface area (Å²) in [6.07, 6.45) is 1.80. The maximum absolute atomic E-state index is 13.5. The Labute approximate surface area is 258 Å². The largest absolute Gasteiger partial charge is 0.497 e. The molecule has 0 unspecified atom stereocenters. The van der Waals surface area contributed by atoms with E-state index in [9.17, 15) is 14.4 Å². The molecule has 10 heteroatoms. The van der Waals surface area contributed by atoms with Crippen molar-refractivity contribution in [2.24, 2.45) is 0 Å². The third-order valence-electron chi connectivity index (χ3n) is 8.05. The predicted molar refractivity (Wildman–Crippen MR) is 169 cm³/mol. The van der Waals surface area contributed by atoms with Crippen LogP contribution in [-0.2, 0) is 11.2 Å². The zero-order chi connectivity index (χ0) is 30.9. The molecule has 0 aromatic heterocycles. The van der Waals surface area contributed by atoms with Crippen LogP contribution < -0.4 is 20.3 Å². The molecule has 0 atom stereocenters. The summed E-state index contributed by atoms with van der Waals surface area (Å²) >= 11 is 0. The zero-order valence-corrected chi connectivity index (χ0v) is 25.1. The van der Waals surface area contributed by atoms with Crippen LogP contribution in [0.15, 0.2) is 66.7 Å². The summed E-state index contributed by atoms with van der Waals surface area (Å²) in [4.78, 5) is 45.8. The third-order valence-corrected chi connectivity index (χ3v) is 8.05. The number of nitrogens with one attached hydrogen (secondary N) is 2. The Hall–Kier alpha value is -4.88. The van der Waals surface area contributed by atoms with Crippen LogP contribution in [0.1, 0.15) is 44.7 Å². The number of hydrogen-bond donors (Lipinski definition) is 2. The third kappa shape index (κ3) is 7.54. The fourth-order valence-electron chi connectivity index (χ4n) is 5.63. The van der Waals surface area contributed by atoms with E-state index in [1.807, 2.05) is 46.2 Å². The second-order valence-corrected chi connectivity index (χ2v) is 11.0. The van der Waals surface area contributed by atoms with Crippen LogP contribution in [0.5, 0.6) is 5.75 Å². The highest BCUT2D eigenvalue weighted by Gasteiger charge is 2.24. The van der Waals surface area contributed by atoms with Gasteiger partial charge in [0.1, 0.15) is 5.75 Å². The summed E-state index contributed by atoms with van der Waals surface area (Å²) in [5, 5.41) is 15.5. The fourth-order valence-corrected chi connectivity index (χ4v) is 5.63. The average Bonchev–Trinajstić information content (AvgIpc) is 3.48. The van der Waals surface area contributed by atoms with Gasteiger partial charge in [-0.2, -0.15) is 5.26 Å². The molecule has 3 aromatic rings. The molecule has 0 aliphatic carbocycles. The number of anilines is 2. The molecule has 0 bridgehead atoms. The Bertz CT molecular complexity index is 1510. The molecule has 3 aromatic carbocycles. The minimum absolute atomic E-state index is 0.0547. The molecule has 5 rings (SSSR count). The van der Waals surface area contributed by atoms with E-state index in [2.05, 4.69) is 21.6 Å². The van der Waals surface area contributed by atoms with Crippen molar-refractivity contribution in [3.8, 4) is 11.8 Å². The first-order chi connectivity index (χ1) is 21.4. The van der Waals surface area contributed by atoms with E-state index in [0.29, 0.717) is 61.6 Å². The Morgan fingerprint density at radius 2 is 1.52 bits per heavy atom. The van der Waals surface area contributed by atoms with Crippen LogP contribution in [0.2, 0.25) is 0 Å². The molecule has 3 amide bonds. The van der Waals surface area contributed by atoms with Crippen LogP contribution in [0, 0.1) is 11.3 Å². The smallest absolute Gasteiger partial charge is 0.253 e. The van der Waals surface area contributed by atoms with Gasteiger partial charge in [0, 0.05) is 56.9 Å². The first kappa shape index (κ1) is 30.6. The second kappa shape index (κ2) is 14.5. The number of amides is 3. The number of ether oxygens (including phenoxy) is 1. The number of rotatable bonds is 7. The van der Waals surface area contributed by atoms with Gasteiger partial charge in [-0.25, -0.2) is 0 Å². The van der Waals surface area contributed by atoms with Gasteiger partial charge in [-0.1, -0.05) is 12.1 Å².